The maximum absolute atomic E-state index is 13.7. The average molecular weight is 253 g/mol. The minimum absolute atomic E-state index is 0.0204. The zero-order valence-electron chi connectivity index (χ0n) is 8.58. The lowest BCUT2D eigenvalue weighted by atomic mass is 9.99. The highest BCUT2D eigenvalue weighted by molar-refractivity contribution is 6.33. The molecule has 0 aliphatic heterocycles. The van der Waals surface area contributed by atoms with Crippen molar-refractivity contribution in [2.75, 3.05) is 0 Å². The molecule has 2 rings (SSSR count). The molecule has 1 nitrogen and oxygen atoms in total. The Kier molecular flexibility index (Phi) is 3.20. The molecule has 2 aromatic rings. The second-order valence-electron chi connectivity index (χ2n) is 3.45. The highest BCUT2D eigenvalue weighted by Gasteiger charge is 2.14. The number of hydrogen-bond donors (Lipinski definition) is 0. The van der Waals surface area contributed by atoms with Crippen molar-refractivity contribution < 1.29 is 13.6 Å². The van der Waals surface area contributed by atoms with Crippen molar-refractivity contribution in [1.29, 1.82) is 0 Å². The number of benzene rings is 2. The van der Waals surface area contributed by atoms with Crippen LogP contribution in [-0.4, -0.2) is 6.29 Å². The molecule has 86 valence electrons. The molecule has 0 aliphatic rings. The lowest BCUT2D eigenvalue weighted by Crippen LogP contribution is -1.95. The van der Waals surface area contributed by atoms with Crippen LogP contribution in [0.3, 0.4) is 0 Å². The number of carbonyl (C=O) groups excluding carboxylic acids is 1. The Labute approximate surface area is 102 Å². The Hall–Kier alpha value is -1.74. The Morgan fingerprint density at radius 3 is 2.47 bits per heavy atom. The van der Waals surface area contributed by atoms with E-state index in [1.807, 2.05) is 0 Å². The molecule has 2 aromatic carbocycles. The molecule has 0 aromatic heterocycles. The Morgan fingerprint density at radius 1 is 1.12 bits per heavy atom. The van der Waals surface area contributed by atoms with Crippen LogP contribution in [0, 0.1) is 11.6 Å². The molecule has 4 heteroatoms. The normalized spacial score (nSPS) is 10.3. The number of aldehydes is 1. The number of carbonyl (C=O) groups is 1. The molecule has 0 bridgehead atoms. The maximum Gasteiger partial charge on any atom is 0.150 e. The maximum atomic E-state index is 13.7. The van der Waals surface area contributed by atoms with Crippen LogP contribution in [0.1, 0.15) is 10.4 Å². The van der Waals surface area contributed by atoms with Crippen molar-refractivity contribution >= 4 is 17.9 Å². The highest BCUT2D eigenvalue weighted by Crippen LogP contribution is 2.32. The van der Waals surface area contributed by atoms with Gasteiger partial charge in [0.1, 0.15) is 11.6 Å². The van der Waals surface area contributed by atoms with Gasteiger partial charge >= 0.3 is 0 Å². The molecule has 0 amide bonds. The summed E-state index contributed by atoms with van der Waals surface area (Å²) in [4.78, 5) is 10.8. The largest absolute Gasteiger partial charge is 0.298 e. The van der Waals surface area contributed by atoms with Crippen LogP contribution in [-0.2, 0) is 0 Å². The van der Waals surface area contributed by atoms with Crippen molar-refractivity contribution in [3.63, 3.8) is 0 Å². The third-order valence-electron chi connectivity index (χ3n) is 2.36. The first-order chi connectivity index (χ1) is 8.13. The summed E-state index contributed by atoms with van der Waals surface area (Å²) in [5.41, 5.74) is 0.330. The van der Waals surface area contributed by atoms with E-state index in [2.05, 4.69) is 0 Å². The summed E-state index contributed by atoms with van der Waals surface area (Å²) < 4.78 is 26.7. The average Bonchev–Trinajstić information content (AvgIpc) is 2.29. The van der Waals surface area contributed by atoms with Gasteiger partial charge in [-0.2, -0.15) is 0 Å². The van der Waals surface area contributed by atoms with Gasteiger partial charge in [-0.05, 0) is 12.1 Å². The summed E-state index contributed by atoms with van der Waals surface area (Å²) in [6.07, 6.45) is 0.408. The number of rotatable bonds is 2. The van der Waals surface area contributed by atoms with Crippen molar-refractivity contribution in [3.05, 3.63) is 58.6 Å². The van der Waals surface area contributed by atoms with E-state index in [0.717, 1.165) is 12.1 Å². The van der Waals surface area contributed by atoms with E-state index in [1.165, 1.54) is 0 Å². The van der Waals surface area contributed by atoms with Crippen LogP contribution in [0.15, 0.2) is 36.4 Å². The third-order valence-corrected chi connectivity index (χ3v) is 2.69. The van der Waals surface area contributed by atoms with Crippen LogP contribution in [0.25, 0.3) is 11.1 Å². The molecular formula is C13H7ClF2O. The fourth-order valence-corrected chi connectivity index (χ4v) is 1.86. The molecule has 0 radical (unpaired) electrons. The Balaban J connectivity index is 2.75. The summed E-state index contributed by atoms with van der Waals surface area (Å²) in [7, 11) is 0. The smallest absolute Gasteiger partial charge is 0.150 e. The lowest BCUT2D eigenvalue weighted by Gasteiger charge is -2.08. The van der Waals surface area contributed by atoms with E-state index < -0.39 is 11.6 Å². The van der Waals surface area contributed by atoms with Crippen LogP contribution < -0.4 is 0 Å². The molecule has 0 N–H and O–H groups in total. The SMILES string of the molecule is O=Cc1cc(F)cc(F)c1-c1ccccc1Cl. The molecular weight excluding hydrogens is 246 g/mol. The first kappa shape index (κ1) is 11.7. The fraction of sp³-hybridized carbons (Fsp3) is 0. The van der Waals surface area contributed by atoms with Crippen LogP contribution in [0.4, 0.5) is 8.78 Å². The van der Waals surface area contributed by atoms with Gasteiger partial charge in [-0.15, -0.1) is 0 Å². The van der Waals surface area contributed by atoms with Crippen molar-refractivity contribution in [2.24, 2.45) is 0 Å². The number of halogens is 3. The first-order valence-corrected chi connectivity index (χ1v) is 5.20. The van der Waals surface area contributed by atoms with Gasteiger partial charge in [-0.1, -0.05) is 29.8 Å². The minimum atomic E-state index is -0.805. The third kappa shape index (κ3) is 2.19. The molecule has 0 spiro atoms. The quantitative estimate of drug-likeness (QED) is 0.736. The second-order valence-corrected chi connectivity index (χ2v) is 3.86. The van der Waals surface area contributed by atoms with Crippen LogP contribution >= 0.6 is 11.6 Å². The monoisotopic (exact) mass is 252 g/mol. The highest BCUT2D eigenvalue weighted by atomic mass is 35.5. The number of hydrogen-bond acceptors (Lipinski definition) is 1. The van der Waals surface area contributed by atoms with E-state index in [0.29, 0.717) is 16.9 Å². The van der Waals surface area contributed by atoms with Gasteiger partial charge in [0.15, 0.2) is 6.29 Å². The van der Waals surface area contributed by atoms with Gasteiger partial charge in [0.25, 0.3) is 0 Å². The molecule has 0 fully saturated rings. The molecule has 17 heavy (non-hydrogen) atoms. The topological polar surface area (TPSA) is 17.1 Å². The molecule has 0 aliphatic carbocycles. The summed E-state index contributed by atoms with van der Waals surface area (Å²) in [5.74, 6) is -1.60. The molecule has 0 unspecified atom stereocenters. The van der Waals surface area contributed by atoms with Gasteiger partial charge in [-0.3, -0.25) is 4.79 Å². The summed E-state index contributed by atoms with van der Waals surface area (Å²) in [5, 5.41) is 0.307. The zero-order chi connectivity index (χ0) is 12.4. The Bertz CT molecular complexity index is 582. The van der Waals surface area contributed by atoms with Gasteiger partial charge < -0.3 is 0 Å². The molecule has 0 saturated heterocycles. The van der Waals surface area contributed by atoms with E-state index in [9.17, 15) is 13.6 Å². The van der Waals surface area contributed by atoms with Gasteiger partial charge in [0.05, 0.1) is 0 Å². The summed E-state index contributed by atoms with van der Waals surface area (Å²) in [6.45, 7) is 0. The van der Waals surface area contributed by atoms with E-state index in [4.69, 9.17) is 11.6 Å². The first-order valence-electron chi connectivity index (χ1n) is 4.82. The van der Waals surface area contributed by atoms with Gasteiger partial charge in [-0.25, -0.2) is 8.78 Å². The zero-order valence-corrected chi connectivity index (χ0v) is 9.34. The summed E-state index contributed by atoms with van der Waals surface area (Å²) >= 11 is 5.92. The molecule has 0 heterocycles. The predicted molar refractivity (Wildman–Crippen MR) is 62.2 cm³/mol. The van der Waals surface area contributed by atoms with Crippen molar-refractivity contribution in [1.82, 2.24) is 0 Å². The van der Waals surface area contributed by atoms with Crippen molar-refractivity contribution in [2.45, 2.75) is 0 Å². The molecule has 0 atom stereocenters. The van der Waals surface area contributed by atoms with E-state index >= 15 is 0 Å². The van der Waals surface area contributed by atoms with E-state index in [1.54, 1.807) is 24.3 Å². The standard InChI is InChI=1S/C13H7ClF2O/c14-11-4-2-1-3-10(11)13-8(7-17)5-9(15)6-12(13)16/h1-7H. The van der Waals surface area contributed by atoms with Gasteiger partial charge in [0, 0.05) is 27.8 Å². The fourth-order valence-electron chi connectivity index (χ4n) is 1.63. The molecule has 0 saturated carbocycles. The van der Waals surface area contributed by atoms with Gasteiger partial charge in [0.2, 0.25) is 0 Å². The predicted octanol–water partition coefficient (Wildman–Crippen LogP) is 4.10. The lowest BCUT2D eigenvalue weighted by molar-refractivity contribution is 0.112. The minimum Gasteiger partial charge on any atom is -0.298 e. The van der Waals surface area contributed by atoms with Crippen molar-refractivity contribution in [3.8, 4) is 11.1 Å². The van der Waals surface area contributed by atoms with Crippen LogP contribution in [0.5, 0.6) is 0 Å². The second kappa shape index (κ2) is 4.63. The van der Waals surface area contributed by atoms with Crippen LogP contribution in [0.2, 0.25) is 5.02 Å². The van der Waals surface area contributed by atoms with E-state index in [-0.39, 0.29) is 11.1 Å². The summed E-state index contributed by atoms with van der Waals surface area (Å²) in [6, 6.07) is 8.22. The Morgan fingerprint density at radius 2 is 1.82 bits per heavy atom.